The predicted octanol–water partition coefficient (Wildman–Crippen LogP) is 1.12. The van der Waals surface area contributed by atoms with Crippen molar-refractivity contribution in [3.63, 3.8) is 0 Å². The van der Waals surface area contributed by atoms with Crippen molar-refractivity contribution in [3.8, 4) is 0 Å². The zero-order chi connectivity index (χ0) is 6.41. The van der Waals surface area contributed by atoms with Crippen LogP contribution in [0, 0.1) is 0 Å². The lowest BCUT2D eigenvalue weighted by Crippen LogP contribution is -2.13. The summed E-state index contributed by atoms with van der Waals surface area (Å²) in [6, 6.07) is 0. The van der Waals surface area contributed by atoms with Crippen molar-refractivity contribution >= 4 is 16.9 Å². The fourth-order valence-electron chi connectivity index (χ4n) is 0.276. The Morgan fingerprint density at radius 3 is 2.12 bits per heavy atom. The Balaban J connectivity index is 3.35. The zero-order valence-electron chi connectivity index (χ0n) is 4.50. The molecule has 8 heavy (non-hydrogen) atoms. The molecule has 1 N–H and O–H groups in total. The van der Waals surface area contributed by atoms with Gasteiger partial charge in [0, 0.05) is 6.54 Å². The molecule has 0 rings (SSSR count). The molecule has 0 radical (unpaired) electrons. The molecule has 0 aromatic rings. The van der Waals surface area contributed by atoms with Crippen LogP contribution >= 0.6 is 16.9 Å². The Labute approximate surface area is 51.3 Å². The van der Waals surface area contributed by atoms with Crippen LogP contribution in [0.4, 0.5) is 0 Å². The van der Waals surface area contributed by atoms with Gasteiger partial charge in [-0.25, -0.2) is 0 Å². The van der Waals surface area contributed by atoms with Gasteiger partial charge in [-0.3, -0.25) is 9.13 Å². The highest BCUT2D eigenvalue weighted by molar-refractivity contribution is 7.44. The van der Waals surface area contributed by atoms with E-state index in [9.17, 15) is 9.13 Å². The molecule has 0 aliphatic heterocycles. The first-order chi connectivity index (χ1) is 3.85. The largest absolute Gasteiger partial charge is 0.318 e. The van der Waals surface area contributed by atoms with Gasteiger partial charge >= 0.3 is 0 Å². The molecule has 0 amide bonds. The molecule has 0 aliphatic rings. The van der Waals surface area contributed by atoms with Crippen LogP contribution in [0.3, 0.4) is 0 Å². The van der Waals surface area contributed by atoms with E-state index in [1.165, 1.54) is 0 Å². The number of hydrogen-bond acceptors (Lipinski definition) is 3. The van der Waals surface area contributed by atoms with Gasteiger partial charge in [-0.1, -0.05) is 0 Å². The van der Waals surface area contributed by atoms with Crippen LogP contribution in [-0.2, 0) is 9.13 Å². The highest BCUT2D eigenvalue weighted by Crippen LogP contribution is 2.16. The molecule has 0 unspecified atom stereocenters. The molecule has 0 aliphatic carbocycles. The van der Waals surface area contributed by atoms with E-state index in [4.69, 9.17) is 0 Å². The number of hydrogen-bond donors (Lipinski definition) is 1. The fraction of sp³-hybridized carbons (Fsp3) is 1.00. The molecule has 0 fully saturated rings. The Hall–Kier alpha value is 0.160. The summed E-state index contributed by atoms with van der Waals surface area (Å²) in [6.45, 7) is 0.524. The van der Waals surface area contributed by atoms with Gasteiger partial charge in [-0.05, 0) is 7.05 Å². The van der Waals surface area contributed by atoms with Crippen molar-refractivity contribution in [2.24, 2.45) is 0 Å². The third kappa shape index (κ3) is 3.20. The SMILES string of the molecule is CNCC(P=O)P=O. The summed E-state index contributed by atoms with van der Waals surface area (Å²) in [5.41, 5.74) is 0. The first-order valence-electron chi connectivity index (χ1n) is 2.14. The molecule has 0 spiro atoms. The topological polar surface area (TPSA) is 46.2 Å². The highest BCUT2D eigenvalue weighted by Gasteiger charge is 2.03. The molecular formula is C3H7NO2P2. The van der Waals surface area contributed by atoms with E-state index < -0.39 is 0 Å². The molecular weight excluding hydrogens is 144 g/mol. The smallest absolute Gasteiger partial charge is 0.172 e. The van der Waals surface area contributed by atoms with Gasteiger partial charge in [0.2, 0.25) is 0 Å². The van der Waals surface area contributed by atoms with Crippen LogP contribution in [0.25, 0.3) is 0 Å². The Bertz CT molecular complexity index is 79.4. The Morgan fingerprint density at radius 1 is 1.50 bits per heavy atom. The lowest BCUT2D eigenvalue weighted by atomic mass is 10.7. The molecule has 5 heteroatoms. The maximum Gasteiger partial charge on any atom is 0.172 e. The summed E-state index contributed by atoms with van der Waals surface area (Å²) in [5.74, 6) is 0. The fourth-order valence-corrected chi connectivity index (χ4v) is 0.945. The highest BCUT2D eigenvalue weighted by atomic mass is 31.1. The van der Waals surface area contributed by atoms with Crippen molar-refractivity contribution in [2.75, 3.05) is 13.6 Å². The first kappa shape index (κ1) is 8.16. The van der Waals surface area contributed by atoms with Crippen LogP contribution in [0.15, 0.2) is 0 Å². The van der Waals surface area contributed by atoms with Crippen molar-refractivity contribution in [3.05, 3.63) is 0 Å². The molecule has 0 aromatic heterocycles. The van der Waals surface area contributed by atoms with E-state index in [0.717, 1.165) is 0 Å². The summed E-state index contributed by atoms with van der Waals surface area (Å²) in [5, 5.41) is 2.48. The van der Waals surface area contributed by atoms with E-state index >= 15 is 0 Å². The molecule has 0 bridgehead atoms. The molecule has 0 saturated carbocycles. The van der Waals surface area contributed by atoms with E-state index in [2.05, 4.69) is 5.32 Å². The summed E-state index contributed by atoms with van der Waals surface area (Å²) < 4.78 is 20.0. The maximum absolute atomic E-state index is 9.98. The van der Waals surface area contributed by atoms with Crippen molar-refractivity contribution < 1.29 is 9.13 Å². The minimum atomic E-state index is -0.278. The quantitative estimate of drug-likeness (QED) is 0.612. The van der Waals surface area contributed by atoms with Crippen molar-refractivity contribution in [1.82, 2.24) is 5.32 Å². The minimum absolute atomic E-state index is 0.0622. The maximum atomic E-state index is 9.98. The molecule has 3 nitrogen and oxygen atoms in total. The Kier molecular flexibility index (Phi) is 5.41. The standard InChI is InChI=1S/C3H7NO2P2/c1-4-2-3(7-5)8-6/h3-4H,2H2,1H3. The molecule has 0 atom stereocenters. The van der Waals surface area contributed by atoms with Crippen molar-refractivity contribution in [1.29, 1.82) is 0 Å². The first-order valence-corrected chi connectivity index (χ1v) is 3.91. The zero-order valence-corrected chi connectivity index (χ0v) is 6.28. The van der Waals surface area contributed by atoms with Crippen molar-refractivity contribution in [2.45, 2.75) is 5.40 Å². The average Bonchev–Trinajstić information content (AvgIpc) is 1.83. The van der Waals surface area contributed by atoms with Crippen LogP contribution in [0.2, 0.25) is 0 Å². The summed E-state index contributed by atoms with van der Waals surface area (Å²) in [7, 11) is 1.60. The number of nitrogens with one attached hydrogen (secondary N) is 1. The third-order valence-electron chi connectivity index (χ3n) is 0.630. The third-order valence-corrected chi connectivity index (χ3v) is 2.05. The Morgan fingerprint density at radius 2 is 2.00 bits per heavy atom. The summed E-state index contributed by atoms with van der Waals surface area (Å²) in [6.07, 6.45) is 0. The second kappa shape index (κ2) is 5.30. The lowest BCUT2D eigenvalue weighted by Gasteiger charge is -1.93. The minimum Gasteiger partial charge on any atom is -0.318 e. The number of rotatable bonds is 4. The van der Waals surface area contributed by atoms with Gasteiger partial charge in [0.1, 0.15) is 5.40 Å². The van der Waals surface area contributed by atoms with Crippen LogP contribution in [0.1, 0.15) is 0 Å². The lowest BCUT2D eigenvalue weighted by molar-refractivity contribution is 0.585. The predicted molar refractivity (Wildman–Crippen MR) is 32.9 cm³/mol. The van der Waals surface area contributed by atoms with Gasteiger partial charge in [0.05, 0.1) is 0 Å². The normalized spacial score (nSPS) is 14.6. The molecule has 46 valence electrons. The molecule has 0 heterocycles. The van der Waals surface area contributed by atoms with E-state index in [0.29, 0.717) is 6.54 Å². The van der Waals surface area contributed by atoms with Gasteiger partial charge in [-0.2, -0.15) is 0 Å². The van der Waals surface area contributed by atoms with Crippen LogP contribution < -0.4 is 5.32 Å². The second-order valence-corrected chi connectivity index (χ2v) is 3.32. The molecule has 0 saturated heterocycles. The molecule has 0 aromatic carbocycles. The van der Waals surface area contributed by atoms with Crippen LogP contribution in [-0.4, -0.2) is 19.0 Å². The summed E-state index contributed by atoms with van der Waals surface area (Å²) >= 11 is 0. The van der Waals surface area contributed by atoms with Gasteiger partial charge in [0.25, 0.3) is 0 Å². The van der Waals surface area contributed by atoms with E-state index in [-0.39, 0.29) is 22.3 Å². The monoisotopic (exact) mass is 151 g/mol. The second-order valence-electron chi connectivity index (χ2n) is 1.25. The van der Waals surface area contributed by atoms with Gasteiger partial charge < -0.3 is 5.32 Å². The van der Waals surface area contributed by atoms with Gasteiger partial charge in [0.15, 0.2) is 16.9 Å². The average molecular weight is 151 g/mol. The van der Waals surface area contributed by atoms with Crippen LogP contribution in [0.5, 0.6) is 0 Å². The van der Waals surface area contributed by atoms with E-state index in [1.807, 2.05) is 0 Å². The summed E-state index contributed by atoms with van der Waals surface area (Å²) in [4.78, 5) is 0. The van der Waals surface area contributed by atoms with Gasteiger partial charge in [-0.15, -0.1) is 0 Å². The van der Waals surface area contributed by atoms with E-state index in [1.54, 1.807) is 7.05 Å².